The first kappa shape index (κ1) is 11.3. The van der Waals surface area contributed by atoms with Crippen molar-refractivity contribution in [1.82, 2.24) is 4.98 Å². The van der Waals surface area contributed by atoms with Crippen molar-refractivity contribution in [3.63, 3.8) is 0 Å². The van der Waals surface area contributed by atoms with Crippen molar-refractivity contribution in [3.8, 4) is 0 Å². The Bertz CT molecular complexity index is 469. The largest absolute Gasteiger partial charge is 0.455 e. The van der Waals surface area contributed by atoms with Crippen LogP contribution in [-0.2, 0) is 11.3 Å². The zero-order chi connectivity index (χ0) is 11.5. The number of aromatic nitrogens is 1. The van der Waals surface area contributed by atoms with Gasteiger partial charge in [0.05, 0.1) is 11.3 Å². The Morgan fingerprint density at radius 1 is 1.50 bits per heavy atom. The van der Waals surface area contributed by atoms with Crippen LogP contribution in [0.3, 0.4) is 0 Å². The van der Waals surface area contributed by atoms with Crippen LogP contribution in [0.15, 0.2) is 16.8 Å². The number of esters is 1. The monoisotopic (exact) mass is 253 g/mol. The minimum atomic E-state index is -0.285. The summed E-state index contributed by atoms with van der Waals surface area (Å²) < 4.78 is 5.16. The Morgan fingerprint density at radius 2 is 2.31 bits per heavy atom. The highest BCUT2D eigenvalue weighted by Crippen LogP contribution is 2.17. The number of thiazole rings is 1. The number of thiophene rings is 1. The van der Waals surface area contributed by atoms with Crippen molar-refractivity contribution < 1.29 is 9.53 Å². The van der Waals surface area contributed by atoms with Crippen molar-refractivity contribution in [1.29, 1.82) is 0 Å². The van der Waals surface area contributed by atoms with Crippen LogP contribution >= 0.6 is 22.7 Å². The third-order valence-corrected chi connectivity index (χ3v) is 3.89. The molecule has 0 radical (unpaired) electrons. The molecule has 0 aliphatic carbocycles. The molecule has 0 spiro atoms. The van der Waals surface area contributed by atoms with Crippen LogP contribution in [0, 0.1) is 13.8 Å². The average Bonchev–Trinajstić information content (AvgIpc) is 2.86. The summed E-state index contributed by atoms with van der Waals surface area (Å²) in [5, 5.41) is 4.48. The van der Waals surface area contributed by atoms with Crippen molar-refractivity contribution in [2.24, 2.45) is 0 Å². The highest BCUT2D eigenvalue weighted by atomic mass is 32.1. The summed E-state index contributed by atoms with van der Waals surface area (Å²) in [6, 6.07) is 1.76. The molecule has 16 heavy (non-hydrogen) atoms. The fourth-order valence-electron chi connectivity index (χ4n) is 1.19. The maximum absolute atomic E-state index is 11.5. The Balaban J connectivity index is 1.95. The smallest absolute Gasteiger partial charge is 0.339 e. The van der Waals surface area contributed by atoms with Crippen molar-refractivity contribution in [3.05, 3.63) is 38.0 Å². The molecule has 0 saturated carbocycles. The Hall–Kier alpha value is -1.20. The fourth-order valence-corrected chi connectivity index (χ4v) is 2.66. The number of nitrogens with zero attached hydrogens (tertiary/aromatic N) is 1. The minimum Gasteiger partial charge on any atom is -0.455 e. The predicted molar refractivity (Wildman–Crippen MR) is 65.0 cm³/mol. The van der Waals surface area contributed by atoms with Crippen LogP contribution in [0.5, 0.6) is 0 Å². The van der Waals surface area contributed by atoms with Gasteiger partial charge < -0.3 is 4.74 Å². The number of hydrogen-bond donors (Lipinski definition) is 0. The van der Waals surface area contributed by atoms with E-state index in [2.05, 4.69) is 4.98 Å². The van der Waals surface area contributed by atoms with Gasteiger partial charge in [0, 0.05) is 10.3 Å². The standard InChI is InChI=1S/C11H11NO2S2/c1-7-8(2)16-10(12-7)5-14-11(13)9-3-4-15-6-9/h3-4,6H,5H2,1-2H3. The van der Waals surface area contributed by atoms with E-state index in [0.29, 0.717) is 5.56 Å². The number of hydrogen-bond acceptors (Lipinski definition) is 5. The minimum absolute atomic E-state index is 0.258. The second-order valence-corrected chi connectivity index (χ2v) is 5.41. The molecule has 0 N–H and O–H groups in total. The Kier molecular flexibility index (Phi) is 3.36. The molecule has 0 fully saturated rings. The van der Waals surface area contributed by atoms with E-state index in [4.69, 9.17) is 4.74 Å². The number of ether oxygens (including phenoxy) is 1. The molecule has 0 unspecified atom stereocenters. The van der Waals surface area contributed by atoms with E-state index in [0.717, 1.165) is 10.7 Å². The molecule has 0 aliphatic rings. The molecule has 2 aromatic rings. The zero-order valence-electron chi connectivity index (χ0n) is 9.02. The molecule has 5 heteroatoms. The summed E-state index contributed by atoms with van der Waals surface area (Å²) in [5.41, 5.74) is 1.61. The first-order chi connectivity index (χ1) is 7.66. The van der Waals surface area contributed by atoms with E-state index in [1.165, 1.54) is 16.2 Å². The van der Waals surface area contributed by atoms with Gasteiger partial charge in [-0.2, -0.15) is 11.3 Å². The third-order valence-electron chi connectivity index (χ3n) is 2.16. The van der Waals surface area contributed by atoms with Crippen LogP contribution in [0.2, 0.25) is 0 Å². The van der Waals surface area contributed by atoms with Crippen molar-refractivity contribution in [2.75, 3.05) is 0 Å². The molecular formula is C11H11NO2S2. The van der Waals surface area contributed by atoms with E-state index in [9.17, 15) is 4.79 Å². The molecule has 2 aromatic heterocycles. The lowest BCUT2D eigenvalue weighted by molar-refractivity contribution is 0.0473. The van der Waals surface area contributed by atoms with Crippen LogP contribution in [0.25, 0.3) is 0 Å². The van der Waals surface area contributed by atoms with Crippen molar-refractivity contribution >= 4 is 28.6 Å². The highest BCUT2D eigenvalue weighted by Gasteiger charge is 2.09. The number of carbonyl (C=O) groups is 1. The van der Waals surface area contributed by atoms with Gasteiger partial charge in [0.1, 0.15) is 11.6 Å². The summed E-state index contributed by atoms with van der Waals surface area (Å²) in [6.45, 7) is 4.22. The lowest BCUT2D eigenvalue weighted by Crippen LogP contribution is -2.03. The second-order valence-electron chi connectivity index (χ2n) is 3.34. The maximum Gasteiger partial charge on any atom is 0.339 e. The van der Waals surface area contributed by atoms with Gasteiger partial charge in [0.2, 0.25) is 0 Å². The SMILES string of the molecule is Cc1nc(COC(=O)c2ccsc2)sc1C. The molecule has 0 bridgehead atoms. The first-order valence-electron chi connectivity index (χ1n) is 4.79. The zero-order valence-corrected chi connectivity index (χ0v) is 10.7. The number of rotatable bonds is 3. The van der Waals surface area contributed by atoms with E-state index >= 15 is 0 Å². The molecule has 0 aromatic carbocycles. The second kappa shape index (κ2) is 4.76. The van der Waals surface area contributed by atoms with E-state index in [-0.39, 0.29) is 12.6 Å². The third kappa shape index (κ3) is 2.48. The molecule has 2 heterocycles. The Labute approximate surface area is 102 Å². The van der Waals surface area contributed by atoms with Gasteiger partial charge in [-0.3, -0.25) is 0 Å². The number of aryl methyl sites for hydroxylation is 2. The van der Waals surface area contributed by atoms with Gasteiger partial charge in [-0.05, 0) is 25.3 Å². The summed E-state index contributed by atoms with van der Waals surface area (Å²) in [6.07, 6.45) is 0. The van der Waals surface area contributed by atoms with Gasteiger partial charge in [0.15, 0.2) is 0 Å². The normalized spacial score (nSPS) is 10.4. The molecule has 2 rings (SSSR count). The molecule has 0 aliphatic heterocycles. The van der Waals surface area contributed by atoms with Crippen LogP contribution < -0.4 is 0 Å². The highest BCUT2D eigenvalue weighted by molar-refractivity contribution is 7.11. The fraction of sp³-hybridized carbons (Fsp3) is 0.273. The summed E-state index contributed by atoms with van der Waals surface area (Å²) in [5.74, 6) is -0.285. The quantitative estimate of drug-likeness (QED) is 0.789. The molecule has 0 atom stereocenters. The van der Waals surface area contributed by atoms with Crippen LogP contribution in [0.4, 0.5) is 0 Å². The summed E-state index contributed by atoms with van der Waals surface area (Å²) in [7, 11) is 0. The van der Waals surface area contributed by atoms with Gasteiger partial charge >= 0.3 is 5.97 Å². The Morgan fingerprint density at radius 3 is 2.88 bits per heavy atom. The number of carbonyl (C=O) groups excluding carboxylic acids is 1. The molecule has 0 amide bonds. The molecule has 84 valence electrons. The summed E-state index contributed by atoms with van der Waals surface area (Å²) >= 11 is 3.05. The molecular weight excluding hydrogens is 242 g/mol. The van der Waals surface area contributed by atoms with Crippen molar-refractivity contribution in [2.45, 2.75) is 20.5 Å². The summed E-state index contributed by atoms with van der Waals surface area (Å²) in [4.78, 5) is 17.0. The van der Waals surface area contributed by atoms with E-state index in [1.54, 1.807) is 22.8 Å². The van der Waals surface area contributed by atoms with Gasteiger partial charge in [-0.15, -0.1) is 11.3 Å². The average molecular weight is 253 g/mol. The predicted octanol–water partition coefficient (Wildman–Crippen LogP) is 3.18. The van der Waals surface area contributed by atoms with Crippen LogP contribution in [0.1, 0.15) is 25.9 Å². The maximum atomic E-state index is 11.5. The van der Waals surface area contributed by atoms with Crippen LogP contribution in [-0.4, -0.2) is 11.0 Å². The lowest BCUT2D eigenvalue weighted by Gasteiger charge is -1.99. The van der Waals surface area contributed by atoms with E-state index in [1.807, 2.05) is 19.2 Å². The topological polar surface area (TPSA) is 39.2 Å². The van der Waals surface area contributed by atoms with Gasteiger partial charge in [-0.1, -0.05) is 0 Å². The molecule has 0 saturated heterocycles. The van der Waals surface area contributed by atoms with E-state index < -0.39 is 0 Å². The first-order valence-corrected chi connectivity index (χ1v) is 6.55. The molecule has 3 nitrogen and oxygen atoms in total. The van der Waals surface area contributed by atoms with Gasteiger partial charge in [-0.25, -0.2) is 9.78 Å². The lowest BCUT2D eigenvalue weighted by atomic mass is 10.3. The van der Waals surface area contributed by atoms with Gasteiger partial charge in [0.25, 0.3) is 0 Å².